The van der Waals surface area contributed by atoms with Crippen LogP contribution in [-0.2, 0) is 9.53 Å². The van der Waals surface area contributed by atoms with Gasteiger partial charge >= 0.3 is 5.97 Å². The summed E-state index contributed by atoms with van der Waals surface area (Å²) in [7, 11) is 1.37. The van der Waals surface area contributed by atoms with Crippen LogP contribution >= 0.6 is 11.9 Å². The molecule has 2 heterocycles. The monoisotopic (exact) mass is 424 g/mol. The maximum absolute atomic E-state index is 12.6. The maximum Gasteiger partial charge on any atom is 0.338 e. The van der Waals surface area contributed by atoms with E-state index in [1.165, 1.54) is 7.11 Å². The number of methoxy groups -OCH3 is 1. The number of fused-ring (bicyclic) bond motifs is 1. The quantitative estimate of drug-likeness (QED) is 0.272. The SMILES string of the molecule is CCCSNc1ccc(-c2cc(NC(=O)C3CC3)nc3[nH]ccc23)c(C(=O)OC)c1. The van der Waals surface area contributed by atoms with Crippen molar-refractivity contribution in [1.29, 1.82) is 0 Å². The van der Waals surface area contributed by atoms with Crippen LogP contribution in [0.1, 0.15) is 36.5 Å². The Labute approximate surface area is 179 Å². The lowest BCUT2D eigenvalue weighted by molar-refractivity contribution is -0.117. The summed E-state index contributed by atoms with van der Waals surface area (Å²) in [6, 6.07) is 9.36. The first-order chi connectivity index (χ1) is 14.6. The second kappa shape index (κ2) is 8.79. The molecule has 1 saturated carbocycles. The molecule has 0 spiro atoms. The van der Waals surface area contributed by atoms with Crippen molar-refractivity contribution in [3.8, 4) is 11.1 Å². The lowest BCUT2D eigenvalue weighted by atomic mass is 9.97. The average Bonchev–Trinajstić information content (AvgIpc) is 3.51. The third-order valence-electron chi connectivity index (χ3n) is 4.94. The Balaban J connectivity index is 1.76. The standard InChI is InChI=1S/C22H24N4O3S/c1-3-10-30-26-14-6-7-15(18(11-14)22(28)29-2)17-12-19(25-21(27)13-4-5-13)24-20-16(17)8-9-23-20/h6-9,11-13,26H,3-5,10H2,1-2H3,(H2,23,24,25,27). The number of esters is 1. The van der Waals surface area contributed by atoms with Gasteiger partial charge in [0, 0.05) is 28.9 Å². The molecular formula is C22H24N4O3S. The van der Waals surface area contributed by atoms with Crippen LogP contribution in [0.4, 0.5) is 11.5 Å². The number of pyridine rings is 1. The minimum Gasteiger partial charge on any atom is -0.465 e. The highest BCUT2D eigenvalue weighted by atomic mass is 32.2. The Morgan fingerprint density at radius 2 is 2.07 bits per heavy atom. The van der Waals surface area contributed by atoms with Crippen LogP contribution in [0.5, 0.6) is 0 Å². The largest absolute Gasteiger partial charge is 0.465 e. The lowest BCUT2D eigenvalue weighted by Crippen LogP contribution is -2.14. The number of nitrogens with one attached hydrogen (secondary N) is 3. The van der Waals surface area contributed by atoms with Crippen molar-refractivity contribution in [3.63, 3.8) is 0 Å². The van der Waals surface area contributed by atoms with E-state index < -0.39 is 5.97 Å². The molecule has 0 radical (unpaired) electrons. The highest BCUT2D eigenvalue weighted by Gasteiger charge is 2.30. The van der Waals surface area contributed by atoms with Crippen molar-refractivity contribution < 1.29 is 14.3 Å². The van der Waals surface area contributed by atoms with Gasteiger partial charge in [-0.25, -0.2) is 9.78 Å². The van der Waals surface area contributed by atoms with E-state index in [1.54, 1.807) is 24.2 Å². The second-order valence-corrected chi connectivity index (χ2v) is 8.16. The van der Waals surface area contributed by atoms with Crippen LogP contribution in [-0.4, -0.2) is 34.7 Å². The molecule has 1 fully saturated rings. The maximum atomic E-state index is 12.6. The Bertz CT molecular complexity index is 1090. The van der Waals surface area contributed by atoms with E-state index in [-0.39, 0.29) is 11.8 Å². The van der Waals surface area contributed by atoms with Crippen molar-refractivity contribution in [2.45, 2.75) is 26.2 Å². The number of aromatic nitrogens is 2. The summed E-state index contributed by atoms with van der Waals surface area (Å²) in [6.45, 7) is 2.11. The van der Waals surface area contributed by atoms with Gasteiger partial charge in [-0.1, -0.05) is 24.9 Å². The summed E-state index contributed by atoms with van der Waals surface area (Å²) in [5.74, 6) is 1.08. The molecule has 7 nitrogen and oxygen atoms in total. The average molecular weight is 425 g/mol. The minimum absolute atomic E-state index is 0.0138. The number of aromatic amines is 1. The third kappa shape index (κ3) is 4.28. The first-order valence-corrected chi connectivity index (χ1v) is 11.0. The molecule has 0 aliphatic heterocycles. The number of ether oxygens (including phenoxy) is 1. The number of carbonyl (C=O) groups is 2. The first kappa shape index (κ1) is 20.3. The van der Waals surface area contributed by atoms with E-state index in [9.17, 15) is 9.59 Å². The smallest absolute Gasteiger partial charge is 0.338 e. The molecule has 0 atom stereocenters. The van der Waals surface area contributed by atoms with Gasteiger partial charge in [-0.2, -0.15) is 0 Å². The van der Waals surface area contributed by atoms with Crippen LogP contribution in [0.3, 0.4) is 0 Å². The molecule has 30 heavy (non-hydrogen) atoms. The fourth-order valence-corrected chi connectivity index (χ4v) is 3.86. The van der Waals surface area contributed by atoms with E-state index in [0.29, 0.717) is 17.0 Å². The van der Waals surface area contributed by atoms with Gasteiger partial charge in [0.05, 0.1) is 12.7 Å². The zero-order valence-electron chi connectivity index (χ0n) is 17.0. The molecular weight excluding hydrogens is 400 g/mol. The number of hydrogen-bond donors (Lipinski definition) is 3. The van der Waals surface area contributed by atoms with Crippen LogP contribution in [0.15, 0.2) is 36.5 Å². The predicted octanol–water partition coefficient (Wildman–Crippen LogP) is 4.84. The van der Waals surface area contributed by atoms with Gasteiger partial charge in [0.1, 0.15) is 11.5 Å². The van der Waals surface area contributed by atoms with Gasteiger partial charge in [-0.05, 0) is 54.7 Å². The normalized spacial score (nSPS) is 13.3. The number of benzene rings is 1. The van der Waals surface area contributed by atoms with Gasteiger partial charge in [0.25, 0.3) is 0 Å². The lowest BCUT2D eigenvalue weighted by Gasteiger charge is -2.14. The summed E-state index contributed by atoms with van der Waals surface area (Å²) in [4.78, 5) is 32.4. The number of hydrogen-bond acceptors (Lipinski definition) is 6. The number of rotatable bonds is 8. The molecule has 0 unspecified atom stereocenters. The zero-order chi connectivity index (χ0) is 21.1. The van der Waals surface area contributed by atoms with E-state index in [2.05, 4.69) is 26.9 Å². The zero-order valence-corrected chi connectivity index (χ0v) is 17.8. The summed E-state index contributed by atoms with van der Waals surface area (Å²) < 4.78 is 8.31. The molecule has 2 aromatic heterocycles. The van der Waals surface area contributed by atoms with Crippen LogP contribution in [0.25, 0.3) is 22.2 Å². The Morgan fingerprint density at radius 1 is 1.23 bits per heavy atom. The van der Waals surface area contributed by atoms with Crippen molar-refractivity contribution >= 4 is 46.4 Å². The van der Waals surface area contributed by atoms with Crippen LogP contribution in [0, 0.1) is 5.92 Å². The number of nitrogens with zero attached hydrogens (tertiary/aromatic N) is 1. The molecule has 3 N–H and O–H groups in total. The number of anilines is 2. The highest BCUT2D eigenvalue weighted by Crippen LogP contribution is 2.35. The Kier molecular flexibility index (Phi) is 5.94. The molecule has 1 aliphatic rings. The van der Waals surface area contributed by atoms with Gasteiger partial charge in [0.2, 0.25) is 5.91 Å². The summed E-state index contributed by atoms with van der Waals surface area (Å²) >= 11 is 1.59. The van der Waals surface area contributed by atoms with Crippen molar-refractivity contribution in [2.24, 2.45) is 5.92 Å². The van der Waals surface area contributed by atoms with E-state index >= 15 is 0 Å². The molecule has 0 bridgehead atoms. The number of H-pyrrole nitrogens is 1. The topological polar surface area (TPSA) is 96.1 Å². The van der Waals surface area contributed by atoms with E-state index in [4.69, 9.17) is 4.74 Å². The molecule has 3 aromatic rings. The molecule has 1 amide bonds. The van der Waals surface area contributed by atoms with Crippen molar-refractivity contribution in [3.05, 3.63) is 42.1 Å². The van der Waals surface area contributed by atoms with Crippen molar-refractivity contribution in [2.75, 3.05) is 22.9 Å². The Hall–Kier alpha value is -3.00. The van der Waals surface area contributed by atoms with Gasteiger partial charge in [-0.15, -0.1) is 0 Å². The van der Waals surface area contributed by atoms with Gasteiger partial charge < -0.3 is 19.8 Å². The molecule has 8 heteroatoms. The predicted molar refractivity (Wildman–Crippen MR) is 121 cm³/mol. The molecule has 156 valence electrons. The number of carbonyl (C=O) groups excluding carboxylic acids is 2. The Morgan fingerprint density at radius 3 is 2.80 bits per heavy atom. The van der Waals surface area contributed by atoms with E-state index in [0.717, 1.165) is 47.2 Å². The van der Waals surface area contributed by atoms with Gasteiger partial charge in [0.15, 0.2) is 0 Å². The van der Waals surface area contributed by atoms with Crippen LogP contribution in [0.2, 0.25) is 0 Å². The fourth-order valence-electron chi connectivity index (χ4n) is 3.26. The molecule has 1 aliphatic carbocycles. The highest BCUT2D eigenvalue weighted by molar-refractivity contribution is 8.00. The molecule has 4 rings (SSSR count). The first-order valence-electron chi connectivity index (χ1n) is 10.00. The van der Waals surface area contributed by atoms with Crippen LogP contribution < -0.4 is 10.0 Å². The summed E-state index contributed by atoms with van der Waals surface area (Å²) in [5, 5.41) is 3.77. The molecule has 0 saturated heterocycles. The van der Waals surface area contributed by atoms with E-state index in [1.807, 2.05) is 24.3 Å². The van der Waals surface area contributed by atoms with Gasteiger partial charge in [-0.3, -0.25) is 4.79 Å². The molecule has 1 aromatic carbocycles. The second-order valence-electron chi connectivity index (χ2n) is 7.26. The number of amides is 1. The minimum atomic E-state index is -0.418. The summed E-state index contributed by atoms with van der Waals surface area (Å²) in [5.41, 5.74) is 3.46. The summed E-state index contributed by atoms with van der Waals surface area (Å²) in [6.07, 6.45) is 4.68. The fraction of sp³-hybridized carbons (Fsp3) is 0.318. The third-order valence-corrected chi connectivity index (χ3v) is 5.93. The van der Waals surface area contributed by atoms with Crippen molar-refractivity contribution in [1.82, 2.24) is 9.97 Å².